The minimum atomic E-state index is -0.913. The first-order valence-corrected chi connectivity index (χ1v) is 14.2. The average molecular weight is 567 g/mol. The Morgan fingerprint density at radius 1 is 1.00 bits per heavy atom. The summed E-state index contributed by atoms with van der Waals surface area (Å²) in [5, 5.41) is 31.7. The molecular formula is C33H34N4O5. The molecule has 0 saturated heterocycles. The van der Waals surface area contributed by atoms with Crippen LogP contribution in [0.3, 0.4) is 0 Å². The molecule has 5 N–H and O–H groups in total. The molecule has 0 spiro atoms. The van der Waals surface area contributed by atoms with Crippen LogP contribution in [-0.4, -0.2) is 41.2 Å². The molecule has 6 heterocycles. The van der Waals surface area contributed by atoms with E-state index in [1.54, 1.807) is 0 Å². The van der Waals surface area contributed by atoms with E-state index in [4.69, 9.17) is 14.4 Å². The molecule has 2 atom stereocenters. The predicted octanol–water partition coefficient (Wildman–Crippen LogP) is 7.58. The third-order valence-corrected chi connectivity index (χ3v) is 8.92. The Morgan fingerprint density at radius 2 is 1.71 bits per heavy atom. The topological polar surface area (TPSA) is 148 Å². The fraction of sp³-hybridized carbons (Fsp3) is 0.303. The zero-order valence-electron chi connectivity index (χ0n) is 24.3. The highest BCUT2D eigenvalue weighted by atomic mass is 16.5. The van der Waals surface area contributed by atoms with Crippen LogP contribution >= 0.6 is 0 Å². The number of aromatic hydroxyl groups is 2. The number of aromatic nitrogens is 4. The number of rotatable bonds is 5. The number of aliphatic carboxylic acids is 1. The van der Waals surface area contributed by atoms with Crippen LogP contribution in [0.4, 0.5) is 0 Å². The number of carbonyl (C=O) groups is 1. The standard InChI is InChI=1S/C33H34N4O5/c1-7-18-14(3)21-11-23-16(5)20(9-10-27(38)39)30(36-23)29-31-28(32(40)42-33(29)41)17(6)24(37-31)13-26-19(8-2)15(4)22(35-26)12-25(18)34-21/h7,11-13,16,20,34-35,40-41H,1,8-10H2,2-6H3,(H,38,39)/t16-,20-/m1/s1. The van der Waals surface area contributed by atoms with Gasteiger partial charge in [0.1, 0.15) is 5.39 Å². The second-order valence-corrected chi connectivity index (χ2v) is 11.2. The van der Waals surface area contributed by atoms with Crippen molar-refractivity contribution in [2.24, 2.45) is 0 Å². The number of aromatic amines is 2. The van der Waals surface area contributed by atoms with Crippen LogP contribution in [0.5, 0.6) is 11.9 Å². The van der Waals surface area contributed by atoms with Crippen molar-refractivity contribution in [3.05, 3.63) is 64.0 Å². The molecule has 6 rings (SSSR count). The van der Waals surface area contributed by atoms with Crippen molar-refractivity contribution in [1.29, 1.82) is 0 Å². The molecule has 3 aliphatic heterocycles. The molecule has 3 aliphatic rings. The van der Waals surface area contributed by atoms with E-state index >= 15 is 0 Å². The SMILES string of the molecule is C=Cc1c(C)c2cc3nc(c4c5nc(cc6[nH]c(cc1[nH]2)c(C)c6CC)c(C)c-5c(O)oc4O)[C@H](CCC(=O)O)[C@H]3C. The molecule has 0 amide bonds. The Bertz CT molecular complexity index is 2010. The van der Waals surface area contributed by atoms with Gasteiger partial charge < -0.3 is 29.7 Å². The summed E-state index contributed by atoms with van der Waals surface area (Å²) in [6.07, 6.45) is 2.87. The monoisotopic (exact) mass is 566 g/mol. The Balaban J connectivity index is 1.85. The second-order valence-electron chi connectivity index (χ2n) is 11.2. The number of aryl methyl sites for hydroxylation is 4. The number of fused-ring (bicyclic) bond motifs is 8. The number of hydrogen-bond acceptors (Lipinski definition) is 6. The van der Waals surface area contributed by atoms with Gasteiger partial charge in [-0.2, -0.15) is 0 Å². The summed E-state index contributed by atoms with van der Waals surface area (Å²) < 4.78 is 5.47. The van der Waals surface area contributed by atoms with Gasteiger partial charge in [-0.1, -0.05) is 26.5 Å². The highest BCUT2D eigenvalue weighted by Crippen LogP contribution is 2.49. The highest BCUT2D eigenvalue weighted by molar-refractivity contribution is 5.95. The zero-order chi connectivity index (χ0) is 30.0. The molecule has 0 radical (unpaired) electrons. The minimum Gasteiger partial charge on any atom is -0.481 e. The fourth-order valence-corrected chi connectivity index (χ4v) is 6.52. The van der Waals surface area contributed by atoms with Crippen molar-refractivity contribution >= 4 is 45.0 Å². The van der Waals surface area contributed by atoms with Gasteiger partial charge in [-0.25, -0.2) is 4.98 Å². The van der Waals surface area contributed by atoms with Gasteiger partial charge in [-0.3, -0.25) is 9.78 Å². The summed E-state index contributed by atoms with van der Waals surface area (Å²) >= 11 is 0. The van der Waals surface area contributed by atoms with E-state index in [0.29, 0.717) is 34.5 Å². The van der Waals surface area contributed by atoms with Crippen LogP contribution in [-0.2, 0) is 11.2 Å². The summed E-state index contributed by atoms with van der Waals surface area (Å²) in [5.74, 6) is -2.35. The number of nitrogens with one attached hydrogen (secondary N) is 2. The van der Waals surface area contributed by atoms with E-state index in [1.807, 2.05) is 39.0 Å². The third-order valence-electron chi connectivity index (χ3n) is 8.92. The average Bonchev–Trinajstić information content (AvgIpc) is 3.61. The molecule has 8 bridgehead atoms. The lowest BCUT2D eigenvalue weighted by atomic mass is 9.86. The maximum atomic E-state index is 11.6. The molecular weight excluding hydrogens is 532 g/mol. The van der Waals surface area contributed by atoms with Gasteiger partial charge in [0.25, 0.3) is 11.9 Å². The second kappa shape index (κ2) is 9.94. The van der Waals surface area contributed by atoms with Crippen molar-refractivity contribution in [3.8, 4) is 23.1 Å². The van der Waals surface area contributed by atoms with Crippen molar-refractivity contribution in [3.63, 3.8) is 0 Å². The zero-order valence-corrected chi connectivity index (χ0v) is 24.3. The van der Waals surface area contributed by atoms with Crippen LogP contribution in [0.25, 0.3) is 50.3 Å². The first-order chi connectivity index (χ1) is 20.0. The first kappa shape index (κ1) is 27.4. The first-order valence-electron chi connectivity index (χ1n) is 14.2. The van der Waals surface area contributed by atoms with Gasteiger partial charge in [0.15, 0.2) is 0 Å². The van der Waals surface area contributed by atoms with E-state index in [1.165, 1.54) is 0 Å². The summed E-state index contributed by atoms with van der Waals surface area (Å²) in [7, 11) is 0. The molecule has 0 aromatic carbocycles. The van der Waals surface area contributed by atoms with Gasteiger partial charge in [-0.05, 0) is 74.1 Å². The van der Waals surface area contributed by atoms with Crippen LogP contribution in [0.2, 0.25) is 0 Å². The normalized spacial score (nSPS) is 16.0. The molecule has 42 heavy (non-hydrogen) atoms. The highest BCUT2D eigenvalue weighted by Gasteiger charge is 2.35. The largest absolute Gasteiger partial charge is 0.481 e. The van der Waals surface area contributed by atoms with Crippen molar-refractivity contribution in [2.45, 2.75) is 65.7 Å². The number of hydrogen-bond donors (Lipinski definition) is 5. The lowest BCUT2D eigenvalue weighted by Crippen LogP contribution is -2.06. The number of carboxylic acids is 1. The van der Waals surface area contributed by atoms with E-state index in [2.05, 4.69) is 36.5 Å². The minimum absolute atomic E-state index is 0.0672. The maximum absolute atomic E-state index is 11.6. The molecule has 9 heteroatoms. The molecule has 0 fully saturated rings. The molecule has 9 nitrogen and oxygen atoms in total. The fourth-order valence-electron chi connectivity index (χ4n) is 6.52. The predicted molar refractivity (Wildman–Crippen MR) is 164 cm³/mol. The van der Waals surface area contributed by atoms with Crippen LogP contribution in [0, 0.1) is 20.8 Å². The lowest BCUT2D eigenvalue weighted by molar-refractivity contribution is -0.137. The number of nitrogens with zero attached hydrogens (tertiary/aromatic N) is 2. The molecule has 0 saturated carbocycles. The van der Waals surface area contributed by atoms with E-state index in [9.17, 15) is 20.1 Å². The third kappa shape index (κ3) is 4.10. The van der Waals surface area contributed by atoms with Gasteiger partial charge in [-0.15, -0.1) is 0 Å². The van der Waals surface area contributed by atoms with E-state index in [-0.39, 0.29) is 23.6 Å². The quantitative estimate of drug-likeness (QED) is 0.147. The number of H-pyrrole nitrogens is 2. The molecule has 0 unspecified atom stereocenters. The Morgan fingerprint density at radius 3 is 2.40 bits per heavy atom. The Kier molecular flexibility index (Phi) is 6.48. The maximum Gasteiger partial charge on any atom is 0.303 e. The van der Waals surface area contributed by atoms with Crippen molar-refractivity contribution < 1.29 is 24.5 Å². The molecule has 0 aliphatic carbocycles. The van der Waals surface area contributed by atoms with Gasteiger partial charge in [0.05, 0.1) is 22.5 Å². The Labute approximate surface area is 242 Å². The molecule has 3 aromatic rings. The molecule has 216 valence electrons. The summed E-state index contributed by atoms with van der Waals surface area (Å²) in [6, 6.07) is 6.03. The van der Waals surface area contributed by atoms with Gasteiger partial charge in [0, 0.05) is 51.6 Å². The van der Waals surface area contributed by atoms with Gasteiger partial charge in [0.2, 0.25) is 0 Å². The molecule has 3 aromatic heterocycles. The van der Waals surface area contributed by atoms with E-state index < -0.39 is 17.9 Å². The van der Waals surface area contributed by atoms with E-state index in [0.717, 1.165) is 56.4 Å². The van der Waals surface area contributed by atoms with Crippen LogP contribution in [0.15, 0.2) is 29.2 Å². The lowest BCUT2D eigenvalue weighted by Gasteiger charge is -2.16. The van der Waals surface area contributed by atoms with Crippen LogP contribution in [0.1, 0.15) is 77.7 Å². The van der Waals surface area contributed by atoms with Crippen molar-refractivity contribution in [1.82, 2.24) is 19.9 Å². The van der Waals surface area contributed by atoms with Crippen LogP contribution < -0.4 is 0 Å². The Hall–Kier alpha value is -4.79. The summed E-state index contributed by atoms with van der Waals surface area (Å²) in [4.78, 5) is 28.6. The van der Waals surface area contributed by atoms with Crippen molar-refractivity contribution in [2.75, 3.05) is 0 Å². The summed E-state index contributed by atoms with van der Waals surface area (Å²) in [5.41, 5.74) is 11.2. The smallest absolute Gasteiger partial charge is 0.303 e. The number of carboxylic acid groups (broad SMARTS) is 1. The summed E-state index contributed by atoms with van der Waals surface area (Å²) in [6.45, 7) is 14.1. The van der Waals surface area contributed by atoms with Gasteiger partial charge >= 0.3 is 5.97 Å².